The molecular weight excluding hydrogens is 333 g/mol. The van der Waals surface area contributed by atoms with E-state index in [1.54, 1.807) is 30.3 Å². The molecule has 0 saturated carbocycles. The largest absolute Gasteiger partial charge is 0.456 e. The number of hydrogen-bond acceptors (Lipinski definition) is 4. The Hall–Kier alpha value is -2.99. The van der Waals surface area contributed by atoms with Gasteiger partial charge in [-0.05, 0) is 42.5 Å². The van der Waals surface area contributed by atoms with E-state index in [2.05, 4.69) is 15.5 Å². The molecular formula is C17H11ClFN3O2. The molecule has 0 radical (unpaired) electrons. The zero-order valence-electron chi connectivity index (χ0n) is 12.2. The number of aromatic nitrogens is 2. The number of benzene rings is 2. The van der Waals surface area contributed by atoms with Gasteiger partial charge in [-0.1, -0.05) is 17.7 Å². The van der Waals surface area contributed by atoms with Crippen LogP contribution in [-0.2, 0) is 0 Å². The topological polar surface area (TPSA) is 64.1 Å². The van der Waals surface area contributed by atoms with Crippen LogP contribution in [0.2, 0.25) is 5.02 Å². The van der Waals surface area contributed by atoms with Crippen molar-refractivity contribution in [2.75, 3.05) is 5.32 Å². The average Bonchev–Trinajstić information content (AvgIpc) is 2.58. The van der Waals surface area contributed by atoms with E-state index in [-0.39, 0.29) is 10.7 Å². The summed E-state index contributed by atoms with van der Waals surface area (Å²) in [5, 5.41) is 10.3. The van der Waals surface area contributed by atoms with Crippen LogP contribution in [0.5, 0.6) is 11.5 Å². The molecule has 0 aliphatic heterocycles. The highest BCUT2D eigenvalue weighted by Gasteiger charge is 2.10. The smallest absolute Gasteiger partial charge is 0.276 e. The summed E-state index contributed by atoms with van der Waals surface area (Å²) in [4.78, 5) is 12.0. The normalized spacial score (nSPS) is 10.2. The monoisotopic (exact) mass is 343 g/mol. The second-order valence-electron chi connectivity index (χ2n) is 4.77. The lowest BCUT2D eigenvalue weighted by atomic mass is 10.2. The molecule has 1 aromatic heterocycles. The van der Waals surface area contributed by atoms with Crippen molar-refractivity contribution in [1.82, 2.24) is 10.2 Å². The minimum absolute atomic E-state index is 0.189. The van der Waals surface area contributed by atoms with Gasteiger partial charge in [0, 0.05) is 18.0 Å². The Balaban J connectivity index is 1.74. The SMILES string of the molecule is O=C(Nc1ccc(Oc2cccc(F)c2)c(Cl)c1)c1cccnn1. The van der Waals surface area contributed by atoms with E-state index in [0.717, 1.165) is 0 Å². The molecule has 0 unspecified atom stereocenters. The molecule has 3 aromatic rings. The Morgan fingerprint density at radius 2 is 2.00 bits per heavy atom. The van der Waals surface area contributed by atoms with E-state index in [9.17, 15) is 9.18 Å². The highest BCUT2D eigenvalue weighted by atomic mass is 35.5. The van der Waals surface area contributed by atoms with Crippen LogP contribution in [0.1, 0.15) is 10.5 Å². The lowest BCUT2D eigenvalue weighted by Gasteiger charge is -2.10. The molecule has 2 aromatic carbocycles. The van der Waals surface area contributed by atoms with Crippen LogP contribution in [0.15, 0.2) is 60.8 Å². The lowest BCUT2D eigenvalue weighted by Crippen LogP contribution is -2.13. The summed E-state index contributed by atoms with van der Waals surface area (Å²) in [5.74, 6) is -0.137. The first-order valence-electron chi connectivity index (χ1n) is 6.94. The van der Waals surface area contributed by atoms with Gasteiger partial charge in [-0.2, -0.15) is 5.10 Å². The van der Waals surface area contributed by atoms with E-state index in [1.807, 2.05) is 0 Å². The van der Waals surface area contributed by atoms with E-state index >= 15 is 0 Å². The molecule has 7 heteroatoms. The highest BCUT2D eigenvalue weighted by molar-refractivity contribution is 6.32. The van der Waals surface area contributed by atoms with Crippen molar-refractivity contribution >= 4 is 23.2 Å². The quantitative estimate of drug-likeness (QED) is 0.766. The van der Waals surface area contributed by atoms with Crippen molar-refractivity contribution in [2.45, 2.75) is 0 Å². The Bertz CT molecular complexity index is 875. The van der Waals surface area contributed by atoms with Crippen LogP contribution in [0, 0.1) is 5.82 Å². The van der Waals surface area contributed by atoms with Gasteiger partial charge in [0.25, 0.3) is 5.91 Å². The van der Waals surface area contributed by atoms with Gasteiger partial charge in [0.05, 0.1) is 5.02 Å². The van der Waals surface area contributed by atoms with Crippen molar-refractivity contribution in [3.8, 4) is 11.5 Å². The predicted molar refractivity (Wildman–Crippen MR) is 87.9 cm³/mol. The summed E-state index contributed by atoms with van der Waals surface area (Å²) >= 11 is 6.15. The van der Waals surface area contributed by atoms with Gasteiger partial charge >= 0.3 is 0 Å². The first-order valence-corrected chi connectivity index (χ1v) is 7.31. The number of nitrogens with one attached hydrogen (secondary N) is 1. The second-order valence-corrected chi connectivity index (χ2v) is 5.17. The van der Waals surface area contributed by atoms with Crippen molar-refractivity contribution in [2.24, 2.45) is 0 Å². The molecule has 120 valence electrons. The van der Waals surface area contributed by atoms with Crippen LogP contribution in [0.25, 0.3) is 0 Å². The maximum absolute atomic E-state index is 13.2. The zero-order chi connectivity index (χ0) is 16.9. The number of carbonyl (C=O) groups excluding carboxylic acids is 1. The van der Waals surface area contributed by atoms with Crippen LogP contribution in [0.4, 0.5) is 10.1 Å². The fourth-order valence-electron chi connectivity index (χ4n) is 1.94. The van der Waals surface area contributed by atoms with Crippen LogP contribution >= 0.6 is 11.6 Å². The molecule has 0 spiro atoms. The van der Waals surface area contributed by atoms with Crippen molar-refractivity contribution in [3.63, 3.8) is 0 Å². The number of ether oxygens (including phenoxy) is 1. The number of amides is 1. The van der Waals surface area contributed by atoms with E-state index in [0.29, 0.717) is 17.2 Å². The third kappa shape index (κ3) is 3.85. The maximum atomic E-state index is 13.2. The van der Waals surface area contributed by atoms with E-state index < -0.39 is 11.7 Å². The van der Waals surface area contributed by atoms with E-state index in [4.69, 9.17) is 16.3 Å². The standard InChI is InChI=1S/C17H11ClFN3O2/c18-14-10-12(21-17(23)15-5-2-8-20-22-15)6-7-16(14)24-13-4-1-3-11(19)9-13/h1-10H,(H,21,23). The number of carbonyl (C=O) groups is 1. The molecule has 24 heavy (non-hydrogen) atoms. The summed E-state index contributed by atoms with van der Waals surface area (Å²) < 4.78 is 18.7. The maximum Gasteiger partial charge on any atom is 0.276 e. The highest BCUT2D eigenvalue weighted by Crippen LogP contribution is 2.31. The molecule has 0 atom stereocenters. The van der Waals surface area contributed by atoms with Gasteiger partial charge in [0.2, 0.25) is 0 Å². The Labute approximate surface area is 142 Å². The minimum atomic E-state index is -0.406. The Morgan fingerprint density at radius 1 is 1.12 bits per heavy atom. The Kier molecular flexibility index (Phi) is 4.67. The van der Waals surface area contributed by atoms with Crippen molar-refractivity contribution < 1.29 is 13.9 Å². The number of halogens is 2. The van der Waals surface area contributed by atoms with Gasteiger partial charge in [-0.3, -0.25) is 4.79 Å². The van der Waals surface area contributed by atoms with Crippen LogP contribution in [-0.4, -0.2) is 16.1 Å². The molecule has 0 fully saturated rings. The fourth-order valence-corrected chi connectivity index (χ4v) is 2.16. The third-order valence-electron chi connectivity index (χ3n) is 3.02. The molecule has 3 rings (SSSR count). The Morgan fingerprint density at radius 3 is 2.71 bits per heavy atom. The predicted octanol–water partition coefficient (Wildman–Crippen LogP) is 4.31. The summed E-state index contributed by atoms with van der Waals surface area (Å²) in [6.07, 6.45) is 1.48. The van der Waals surface area contributed by atoms with Crippen molar-refractivity contribution in [3.05, 3.63) is 77.3 Å². The summed E-state index contributed by atoms with van der Waals surface area (Å²) in [7, 11) is 0. The summed E-state index contributed by atoms with van der Waals surface area (Å²) in [5.41, 5.74) is 0.663. The molecule has 0 saturated heterocycles. The number of hydrogen-bond donors (Lipinski definition) is 1. The fraction of sp³-hybridized carbons (Fsp3) is 0. The van der Waals surface area contributed by atoms with Gasteiger partial charge in [-0.15, -0.1) is 5.10 Å². The molecule has 1 amide bonds. The summed E-state index contributed by atoms with van der Waals surface area (Å²) in [6.45, 7) is 0. The number of nitrogens with zero attached hydrogens (tertiary/aromatic N) is 2. The van der Waals surface area contributed by atoms with E-state index in [1.165, 1.54) is 30.5 Å². The molecule has 1 N–H and O–H groups in total. The molecule has 0 aliphatic rings. The number of anilines is 1. The van der Waals surface area contributed by atoms with Gasteiger partial charge < -0.3 is 10.1 Å². The first-order chi connectivity index (χ1) is 11.6. The van der Waals surface area contributed by atoms with Crippen molar-refractivity contribution in [1.29, 1.82) is 0 Å². The molecule has 5 nitrogen and oxygen atoms in total. The second kappa shape index (κ2) is 7.06. The molecule has 1 heterocycles. The van der Waals surface area contributed by atoms with Crippen LogP contribution in [0.3, 0.4) is 0 Å². The average molecular weight is 344 g/mol. The third-order valence-corrected chi connectivity index (χ3v) is 3.31. The molecule has 0 aliphatic carbocycles. The molecule has 0 bridgehead atoms. The van der Waals surface area contributed by atoms with Gasteiger partial charge in [-0.25, -0.2) is 4.39 Å². The minimum Gasteiger partial charge on any atom is -0.456 e. The number of rotatable bonds is 4. The summed E-state index contributed by atoms with van der Waals surface area (Å²) in [6, 6.07) is 13.6. The zero-order valence-corrected chi connectivity index (χ0v) is 13.0. The van der Waals surface area contributed by atoms with Gasteiger partial charge in [0.15, 0.2) is 5.69 Å². The lowest BCUT2D eigenvalue weighted by molar-refractivity contribution is 0.102. The van der Waals surface area contributed by atoms with Gasteiger partial charge in [0.1, 0.15) is 17.3 Å². The van der Waals surface area contributed by atoms with Crippen LogP contribution < -0.4 is 10.1 Å². The first kappa shape index (κ1) is 15.9.